The molecular formula is C11H13NO5S. The van der Waals surface area contributed by atoms with E-state index in [-0.39, 0.29) is 12.2 Å². The number of ether oxygens (including phenoxy) is 1. The van der Waals surface area contributed by atoms with E-state index in [4.69, 9.17) is 4.74 Å². The first-order chi connectivity index (χ1) is 8.40. The highest BCUT2D eigenvalue weighted by atomic mass is 32.2. The molecule has 0 aliphatic carbocycles. The van der Waals surface area contributed by atoms with E-state index in [2.05, 4.69) is 9.44 Å². The third kappa shape index (κ3) is 5.44. The van der Waals surface area contributed by atoms with Crippen molar-refractivity contribution >= 4 is 22.1 Å². The standard InChI is InChI=1S/C11H13NO5S/c1-16-11-5-3-9(4-6-11)7-10(13)8-12-17-18(2,14)15/h3-6,8H,7H2,1-2H3. The maximum absolute atomic E-state index is 11.4. The molecule has 98 valence electrons. The van der Waals surface area contributed by atoms with Crippen LogP contribution in [-0.2, 0) is 25.6 Å². The van der Waals surface area contributed by atoms with Gasteiger partial charge in [0.15, 0.2) is 5.78 Å². The molecule has 0 bridgehead atoms. The lowest BCUT2D eigenvalue weighted by Crippen LogP contribution is -2.05. The summed E-state index contributed by atoms with van der Waals surface area (Å²) < 4.78 is 30.2. The predicted octanol–water partition coefficient (Wildman–Crippen LogP) is 0.769. The molecule has 0 spiro atoms. The average molecular weight is 271 g/mol. The van der Waals surface area contributed by atoms with Gasteiger partial charge < -0.3 is 4.74 Å². The predicted molar refractivity (Wildman–Crippen MR) is 66.1 cm³/mol. The first-order valence-corrected chi connectivity index (χ1v) is 6.80. The lowest BCUT2D eigenvalue weighted by atomic mass is 10.1. The smallest absolute Gasteiger partial charge is 0.325 e. The van der Waals surface area contributed by atoms with Crippen molar-refractivity contribution in [2.45, 2.75) is 6.42 Å². The summed E-state index contributed by atoms with van der Waals surface area (Å²) in [6.45, 7) is 0. The zero-order chi connectivity index (χ0) is 13.6. The van der Waals surface area contributed by atoms with E-state index in [9.17, 15) is 13.2 Å². The number of hydrogen-bond acceptors (Lipinski definition) is 6. The van der Waals surface area contributed by atoms with E-state index in [0.29, 0.717) is 5.75 Å². The van der Waals surface area contributed by atoms with E-state index in [1.54, 1.807) is 31.4 Å². The molecule has 1 aromatic rings. The lowest BCUT2D eigenvalue weighted by molar-refractivity contribution is -0.112. The van der Waals surface area contributed by atoms with Crippen LogP contribution in [-0.4, -0.2) is 33.8 Å². The van der Waals surface area contributed by atoms with Crippen LogP contribution in [0.4, 0.5) is 0 Å². The van der Waals surface area contributed by atoms with Crippen LogP contribution in [0.5, 0.6) is 5.75 Å². The molecule has 6 nitrogen and oxygen atoms in total. The highest BCUT2D eigenvalue weighted by molar-refractivity contribution is 7.85. The first-order valence-electron chi connectivity index (χ1n) is 4.98. The number of Topliss-reactive ketones (excluding diaryl/α,β-unsaturated/α-hetero) is 1. The monoisotopic (exact) mass is 271 g/mol. The van der Waals surface area contributed by atoms with Crippen molar-refractivity contribution in [3.8, 4) is 5.75 Å². The number of ketones is 1. The van der Waals surface area contributed by atoms with Gasteiger partial charge in [-0.15, -0.1) is 0 Å². The van der Waals surface area contributed by atoms with Crippen molar-refractivity contribution in [1.82, 2.24) is 0 Å². The minimum absolute atomic E-state index is 0.112. The molecule has 0 saturated heterocycles. The van der Waals surface area contributed by atoms with Crippen molar-refractivity contribution in [2.24, 2.45) is 5.16 Å². The highest BCUT2D eigenvalue weighted by Crippen LogP contribution is 2.11. The summed E-state index contributed by atoms with van der Waals surface area (Å²) in [6.07, 6.45) is 1.80. The SMILES string of the molecule is COc1ccc(CC(=O)C=NOS(C)(=O)=O)cc1. The molecule has 0 heterocycles. The number of oxime groups is 1. The first kappa shape index (κ1) is 14.2. The zero-order valence-electron chi connectivity index (χ0n) is 9.99. The Morgan fingerprint density at radius 2 is 1.94 bits per heavy atom. The van der Waals surface area contributed by atoms with Crippen LogP contribution in [0.1, 0.15) is 5.56 Å². The van der Waals surface area contributed by atoms with Gasteiger partial charge in [0.25, 0.3) is 0 Å². The van der Waals surface area contributed by atoms with Gasteiger partial charge in [0.05, 0.1) is 13.4 Å². The number of carbonyl (C=O) groups excluding carboxylic acids is 1. The van der Waals surface area contributed by atoms with E-state index in [1.165, 1.54) is 0 Å². The summed E-state index contributed by atoms with van der Waals surface area (Å²) >= 11 is 0. The van der Waals surface area contributed by atoms with Gasteiger partial charge in [0.2, 0.25) is 0 Å². The molecule has 18 heavy (non-hydrogen) atoms. The Morgan fingerprint density at radius 1 is 1.33 bits per heavy atom. The van der Waals surface area contributed by atoms with Crippen LogP contribution < -0.4 is 4.74 Å². The summed E-state index contributed by atoms with van der Waals surface area (Å²) in [7, 11) is -2.12. The number of carbonyl (C=O) groups is 1. The molecule has 0 saturated carbocycles. The minimum Gasteiger partial charge on any atom is -0.497 e. The van der Waals surface area contributed by atoms with Crippen molar-refractivity contribution < 1.29 is 22.2 Å². The third-order valence-corrected chi connectivity index (χ3v) is 2.27. The van der Waals surface area contributed by atoms with E-state index in [0.717, 1.165) is 18.0 Å². The fourth-order valence-electron chi connectivity index (χ4n) is 1.15. The largest absolute Gasteiger partial charge is 0.497 e. The summed E-state index contributed by atoms with van der Waals surface area (Å²) in [5.74, 6) is 0.337. The van der Waals surface area contributed by atoms with Crippen LogP contribution in [0, 0.1) is 0 Å². The van der Waals surface area contributed by atoms with Gasteiger partial charge in [0.1, 0.15) is 12.0 Å². The molecule has 0 aromatic heterocycles. The molecule has 0 fully saturated rings. The molecular weight excluding hydrogens is 258 g/mol. The van der Waals surface area contributed by atoms with E-state index >= 15 is 0 Å². The van der Waals surface area contributed by atoms with Crippen LogP contribution >= 0.6 is 0 Å². The molecule has 0 aliphatic rings. The zero-order valence-corrected chi connectivity index (χ0v) is 10.8. The molecule has 1 rings (SSSR count). The molecule has 0 amide bonds. The fourth-order valence-corrected chi connectivity index (χ4v) is 1.35. The molecule has 0 radical (unpaired) electrons. The Balaban J connectivity index is 2.54. The fraction of sp³-hybridized carbons (Fsp3) is 0.273. The van der Waals surface area contributed by atoms with Gasteiger partial charge in [-0.25, -0.2) is 0 Å². The molecule has 0 aliphatic heterocycles. The summed E-state index contributed by atoms with van der Waals surface area (Å²) in [5.41, 5.74) is 0.770. The number of rotatable bonds is 6. The van der Waals surface area contributed by atoms with Gasteiger partial charge in [-0.1, -0.05) is 17.3 Å². The molecule has 7 heteroatoms. The lowest BCUT2D eigenvalue weighted by Gasteiger charge is -2.00. The van der Waals surface area contributed by atoms with Crippen LogP contribution in [0.25, 0.3) is 0 Å². The van der Waals surface area contributed by atoms with Crippen LogP contribution in [0.15, 0.2) is 29.4 Å². The van der Waals surface area contributed by atoms with Gasteiger partial charge in [-0.2, -0.15) is 8.42 Å². The van der Waals surface area contributed by atoms with Gasteiger partial charge in [-0.3, -0.25) is 9.08 Å². The summed E-state index contributed by atoms with van der Waals surface area (Å²) in [4.78, 5) is 11.4. The summed E-state index contributed by atoms with van der Waals surface area (Å²) in [5, 5.41) is 3.09. The highest BCUT2D eigenvalue weighted by Gasteiger charge is 2.03. The molecule has 0 atom stereocenters. The minimum atomic E-state index is -3.67. The number of benzene rings is 1. The number of methoxy groups -OCH3 is 1. The maximum atomic E-state index is 11.4. The topological polar surface area (TPSA) is 82.0 Å². The second-order valence-corrected chi connectivity index (χ2v) is 5.06. The van der Waals surface area contributed by atoms with E-state index < -0.39 is 10.1 Å². The van der Waals surface area contributed by atoms with E-state index in [1.807, 2.05) is 0 Å². The molecule has 0 unspecified atom stereocenters. The quantitative estimate of drug-likeness (QED) is 0.563. The Hall–Kier alpha value is -1.89. The van der Waals surface area contributed by atoms with Gasteiger partial charge in [0, 0.05) is 6.42 Å². The van der Waals surface area contributed by atoms with Crippen molar-refractivity contribution in [3.05, 3.63) is 29.8 Å². The Bertz CT molecular complexity index is 533. The third-order valence-electron chi connectivity index (χ3n) is 1.91. The van der Waals surface area contributed by atoms with Crippen molar-refractivity contribution in [3.63, 3.8) is 0 Å². The van der Waals surface area contributed by atoms with Gasteiger partial charge >= 0.3 is 10.1 Å². The maximum Gasteiger partial charge on any atom is 0.325 e. The summed E-state index contributed by atoms with van der Waals surface area (Å²) in [6, 6.07) is 6.93. The second kappa shape index (κ2) is 6.15. The van der Waals surface area contributed by atoms with Crippen molar-refractivity contribution in [2.75, 3.05) is 13.4 Å². The Kier molecular flexibility index (Phi) is 4.85. The van der Waals surface area contributed by atoms with Crippen LogP contribution in [0.2, 0.25) is 0 Å². The average Bonchev–Trinajstić information content (AvgIpc) is 2.28. The normalized spacial score (nSPS) is 11.4. The Morgan fingerprint density at radius 3 is 2.44 bits per heavy atom. The molecule has 0 N–H and O–H groups in total. The van der Waals surface area contributed by atoms with Crippen molar-refractivity contribution in [1.29, 1.82) is 0 Å². The molecule has 1 aromatic carbocycles. The number of hydrogen-bond donors (Lipinski definition) is 0. The Labute approximate surface area is 105 Å². The van der Waals surface area contributed by atoms with Gasteiger partial charge in [-0.05, 0) is 17.7 Å². The second-order valence-electron chi connectivity index (χ2n) is 3.50. The van der Waals surface area contributed by atoms with Crippen LogP contribution in [0.3, 0.4) is 0 Å². The number of nitrogens with zero attached hydrogens (tertiary/aromatic N) is 1.